The summed E-state index contributed by atoms with van der Waals surface area (Å²) < 4.78 is 2.14. The van der Waals surface area contributed by atoms with Crippen molar-refractivity contribution in [3.63, 3.8) is 0 Å². The van der Waals surface area contributed by atoms with Gasteiger partial charge in [0.05, 0.1) is 0 Å². The number of allylic oxidation sites excluding steroid dienone is 1. The van der Waals surface area contributed by atoms with Crippen molar-refractivity contribution in [3.8, 4) is 0 Å². The van der Waals surface area contributed by atoms with E-state index in [2.05, 4.69) is 38.4 Å². The van der Waals surface area contributed by atoms with Crippen LogP contribution in [0, 0.1) is 0 Å². The van der Waals surface area contributed by atoms with Gasteiger partial charge in [0.15, 0.2) is 0 Å². The van der Waals surface area contributed by atoms with Gasteiger partial charge in [0, 0.05) is 8.95 Å². The third-order valence-electron chi connectivity index (χ3n) is 1.41. The Balaban J connectivity index is 3.27. The van der Waals surface area contributed by atoms with E-state index in [9.17, 15) is 0 Å². The predicted molar refractivity (Wildman–Crippen MR) is 56.6 cm³/mol. The summed E-state index contributed by atoms with van der Waals surface area (Å²) in [6, 6.07) is 6.03. The molecule has 0 fully saturated rings. The minimum atomic E-state index is 1.07. The average molecular weight is 276 g/mol. The summed E-state index contributed by atoms with van der Waals surface area (Å²) >= 11 is 6.90. The second-order valence-electron chi connectivity index (χ2n) is 2.38. The van der Waals surface area contributed by atoms with Crippen molar-refractivity contribution in [1.29, 1.82) is 0 Å². The average Bonchev–Trinajstić information content (AvgIpc) is 1.94. The Morgan fingerprint density at radius 3 is 2.45 bits per heavy atom. The zero-order valence-electron chi connectivity index (χ0n) is 6.20. The predicted octanol–water partition coefficient (Wildman–Crippen LogP) is 4.24. The molecule has 0 aliphatic heterocycles. The molecule has 0 N–H and O–H groups in total. The second kappa shape index (κ2) is 3.55. The molecule has 0 unspecified atom stereocenters. The molecule has 1 rings (SSSR count). The molecule has 0 atom stereocenters. The van der Waals surface area contributed by atoms with E-state index in [1.54, 1.807) is 0 Å². The fourth-order valence-electron chi connectivity index (χ4n) is 0.833. The zero-order valence-corrected chi connectivity index (χ0v) is 9.37. The lowest BCUT2D eigenvalue weighted by Gasteiger charge is -2.03. The molecule has 0 bridgehead atoms. The van der Waals surface area contributed by atoms with Gasteiger partial charge in [-0.05, 0) is 56.0 Å². The standard InChI is InChI=1S/C9H8Br2/c1-6(2)7-4-3-5-8(10)9(7)11/h3-5H,1H2,2H3. The highest BCUT2D eigenvalue weighted by Crippen LogP contribution is 2.29. The molecule has 0 radical (unpaired) electrons. The molecule has 2 heteroatoms. The highest BCUT2D eigenvalue weighted by atomic mass is 79.9. The molecule has 1 aromatic carbocycles. The number of rotatable bonds is 1. The van der Waals surface area contributed by atoms with Crippen molar-refractivity contribution in [2.45, 2.75) is 6.92 Å². The normalized spacial score (nSPS) is 9.73. The van der Waals surface area contributed by atoms with E-state index in [1.165, 1.54) is 0 Å². The molecule has 0 spiro atoms. The third kappa shape index (κ3) is 1.94. The second-order valence-corrected chi connectivity index (χ2v) is 4.03. The first-order valence-corrected chi connectivity index (χ1v) is 4.81. The van der Waals surface area contributed by atoms with E-state index < -0.39 is 0 Å². The van der Waals surface area contributed by atoms with Crippen molar-refractivity contribution in [2.75, 3.05) is 0 Å². The van der Waals surface area contributed by atoms with Crippen molar-refractivity contribution in [2.24, 2.45) is 0 Å². The van der Waals surface area contributed by atoms with Crippen LogP contribution in [0.25, 0.3) is 5.57 Å². The fourth-order valence-corrected chi connectivity index (χ4v) is 1.80. The first kappa shape index (κ1) is 9.01. The van der Waals surface area contributed by atoms with Crippen molar-refractivity contribution < 1.29 is 0 Å². The summed E-state index contributed by atoms with van der Waals surface area (Å²) in [5, 5.41) is 0. The largest absolute Gasteiger partial charge is 0.0955 e. The Kier molecular flexibility index (Phi) is 2.90. The van der Waals surface area contributed by atoms with Crippen LogP contribution in [0.2, 0.25) is 0 Å². The van der Waals surface area contributed by atoms with E-state index >= 15 is 0 Å². The maximum absolute atomic E-state index is 3.88. The molecule has 0 nitrogen and oxygen atoms in total. The first-order chi connectivity index (χ1) is 5.13. The Bertz CT molecular complexity index is 290. The monoisotopic (exact) mass is 274 g/mol. The molecule has 0 aliphatic carbocycles. The summed E-state index contributed by atoms with van der Waals surface area (Å²) in [4.78, 5) is 0. The maximum Gasteiger partial charge on any atom is 0.0392 e. The van der Waals surface area contributed by atoms with E-state index in [4.69, 9.17) is 0 Å². The summed E-state index contributed by atoms with van der Waals surface area (Å²) in [5.74, 6) is 0. The molecule has 58 valence electrons. The van der Waals surface area contributed by atoms with E-state index in [-0.39, 0.29) is 0 Å². The van der Waals surface area contributed by atoms with Gasteiger partial charge in [0.1, 0.15) is 0 Å². The van der Waals surface area contributed by atoms with Gasteiger partial charge in [-0.15, -0.1) is 0 Å². The number of hydrogen-bond donors (Lipinski definition) is 0. The summed E-state index contributed by atoms with van der Waals surface area (Å²) in [6.07, 6.45) is 0. The summed E-state index contributed by atoms with van der Waals surface area (Å²) in [7, 11) is 0. The minimum Gasteiger partial charge on any atom is -0.0955 e. The van der Waals surface area contributed by atoms with Crippen LogP contribution in [-0.4, -0.2) is 0 Å². The minimum absolute atomic E-state index is 1.07. The molecule has 0 aliphatic rings. The van der Waals surface area contributed by atoms with Gasteiger partial charge in [-0.25, -0.2) is 0 Å². The van der Waals surface area contributed by atoms with E-state index in [1.807, 2.05) is 25.1 Å². The van der Waals surface area contributed by atoms with Crippen LogP contribution in [0.4, 0.5) is 0 Å². The molecule has 0 aromatic heterocycles. The van der Waals surface area contributed by atoms with E-state index in [0.717, 1.165) is 20.1 Å². The Hall–Kier alpha value is -0.0800. The van der Waals surface area contributed by atoms with Gasteiger partial charge in [-0.1, -0.05) is 18.7 Å². The Labute approximate surface area is 83.6 Å². The molecular formula is C9H8Br2. The van der Waals surface area contributed by atoms with Gasteiger partial charge in [-0.3, -0.25) is 0 Å². The molecule has 0 saturated carbocycles. The van der Waals surface area contributed by atoms with Crippen molar-refractivity contribution in [3.05, 3.63) is 39.3 Å². The fraction of sp³-hybridized carbons (Fsp3) is 0.111. The van der Waals surface area contributed by atoms with Gasteiger partial charge >= 0.3 is 0 Å². The van der Waals surface area contributed by atoms with Crippen LogP contribution in [0.15, 0.2) is 33.7 Å². The van der Waals surface area contributed by atoms with Gasteiger partial charge in [-0.2, -0.15) is 0 Å². The van der Waals surface area contributed by atoms with Crippen LogP contribution in [-0.2, 0) is 0 Å². The van der Waals surface area contributed by atoms with Crippen molar-refractivity contribution in [1.82, 2.24) is 0 Å². The SMILES string of the molecule is C=C(C)c1cccc(Br)c1Br. The number of halogens is 2. The summed E-state index contributed by atoms with van der Waals surface area (Å²) in [6.45, 7) is 5.87. The van der Waals surface area contributed by atoms with Crippen LogP contribution >= 0.6 is 31.9 Å². The molecule has 0 saturated heterocycles. The lowest BCUT2D eigenvalue weighted by atomic mass is 10.1. The lowest BCUT2D eigenvalue weighted by molar-refractivity contribution is 1.50. The zero-order chi connectivity index (χ0) is 8.43. The molecule has 11 heavy (non-hydrogen) atoms. The van der Waals surface area contributed by atoms with Crippen LogP contribution in [0.5, 0.6) is 0 Å². The van der Waals surface area contributed by atoms with Crippen molar-refractivity contribution >= 4 is 37.4 Å². The quantitative estimate of drug-likeness (QED) is 0.719. The van der Waals surface area contributed by atoms with Gasteiger partial charge < -0.3 is 0 Å². The van der Waals surface area contributed by atoms with Crippen LogP contribution in [0.1, 0.15) is 12.5 Å². The highest BCUT2D eigenvalue weighted by Gasteiger charge is 2.02. The maximum atomic E-state index is 3.88. The first-order valence-electron chi connectivity index (χ1n) is 3.23. The van der Waals surface area contributed by atoms with Crippen LogP contribution < -0.4 is 0 Å². The number of benzene rings is 1. The Morgan fingerprint density at radius 1 is 1.36 bits per heavy atom. The highest BCUT2D eigenvalue weighted by molar-refractivity contribution is 9.13. The van der Waals surface area contributed by atoms with Gasteiger partial charge in [0.25, 0.3) is 0 Å². The number of hydrogen-bond acceptors (Lipinski definition) is 0. The van der Waals surface area contributed by atoms with Gasteiger partial charge in [0.2, 0.25) is 0 Å². The topological polar surface area (TPSA) is 0 Å². The summed E-state index contributed by atoms with van der Waals surface area (Å²) in [5.41, 5.74) is 2.22. The molecule has 1 aromatic rings. The molecular weight excluding hydrogens is 268 g/mol. The third-order valence-corrected chi connectivity index (χ3v) is 3.46. The molecule has 0 amide bonds. The Morgan fingerprint density at radius 2 is 2.00 bits per heavy atom. The van der Waals surface area contributed by atoms with E-state index in [0.29, 0.717) is 0 Å². The molecule has 0 heterocycles. The smallest absolute Gasteiger partial charge is 0.0392 e. The van der Waals surface area contributed by atoms with Crippen LogP contribution in [0.3, 0.4) is 0 Å². The lowest BCUT2D eigenvalue weighted by Crippen LogP contribution is -1.80.